The van der Waals surface area contributed by atoms with Crippen molar-refractivity contribution in [2.24, 2.45) is 0 Å². The standard InChI is InChI=1S/C11H11BrF5N/c1-6(4-11(15,16)17)18-5-7-9(13)3-2-8(12)10(7)14/h2-3,6,18H,4-5H2,1H3. The van der Waals surface area contributed by atoms with E-state index in [0.29, 0.717) is 0 Å². The Morgan fingerprint density at radius 2 is 1.89 bits per heavy atom. The van der Waals surface area contributed by atoms with E-state index in [9.17, 15) is 22.0 Å². The summed E-state index contributed by atoms with van der Waals surface area (Å²) in [5.41, 5.74) is -0.279. The van der Waals surface area contributed by atoms with E-state index in [2.05, 4.69) is 21.2 Å². The van der Waals surface area contributed by atoms with Crippen LogP contribution in [0.2, 0.25) is 0 Å². The van der Waals surface area contributed by atoms with Crippen molar-refractivity contribution in [1.29, 1.82) is 0 Å². The maximum absolute atomic E-state index is 13.5. The van der Waals surface area contributed by atoms with Gasteiger partial charge in [0.15, 0.2) is 0 Å². The van der Waals surface area contributed by atoms with Crippen LogP contribution in [-0.2, 0) is 6.54 Å². The molecular formula is C11H11BrF5N. The molecule has 0 aliphatic heterocycles. The molecule has 1 nitrogen and oxygen atoms in total. The van der Waals surface area contributed by atoms with Crippen LogP contribution in [0.3, 0.4) is 0 Å². The molecule has 0 aromatic heterocycles. The second kappa shape index (κ2) is 5.97. The summed E-state index contributed by atoms with van der Waals surface area (Å²) >= 11 is 2.89. The molecule has 7 heteroatoms. The minimum atomic E-state index is -4.30. The van der Waals surface area contributed by atoms with Gasteiger partial charge in [-0.05, 0) is 35.0 Å². The van der Waals surface area contributed by atoms with Gasteiger partial charge in [-0.1, -0.05) is 0 Å². The highest BCUT2D eigenvalue weighted by molar-refractivity contribution is 9.10. The van der Waals surface area contributed by atoms with Crippen molar-refractivity contribution < 1.29 is 22.0 Å². The highest BCUT2D eigenvalue weighted by atomic mass is 79.9. The molecule has 1 aromatic rings. The first-order valence-corrected chi connectivity index (χ1v) is 5.92. The smallest absolute Gasteiger partial charge is 0.310 e. The minimum Gasteiger partial charge on any atom is -0.310 e. The SMILES string of the molecule is CC(CC(F)(F)F)NCc1c(F)ccc(Br)c1F. The molecule has 0 aliphatic rings. The normalized spacial score (nSPS) is 13.7. The summed E-state index contributed by atoms with van der Waals surface area (Å²) in [7, 11) is 0. The number of halogens is 6. The van der Waals surface area contributed by atoms with Crippen molar-refractivity contribution in [3.8, 4) is 0 Å². The van der Waals surface area contributed by atoms with Crippen LogP contribution >= 0.6 is 15.9 Å². The van der Waals surface area contributed by atoms with Gasteiger partial charge in [-0.15, -0.1) is 0 Å². The van der Waals surface area contributed by atoms with E-state index in [1.54, 1.807) is 0 Å². The highest BCUT2D eigenvalue weighted by Gasteiger charge is 2.29. The predicted molar refractivity (Wildman–Crippen MR) is 61.0 cm³/mol. The molecule has 0 spiro atoms. The first kappa shape index (κ1) is 15.4. The summed E-state index contributed by atoms with van der Waals surface area (Å²) in [4.78, 5) is 0. The quantitative estimate of drug-likeness (QED) is 0.645. The molecular weight excluding hydrogens is 321 g/mol. The Labute approximate surface area is 110 Å². The topological polar surface area (TPSA) is 12.0 Å². The van der Waals surface area contributed by atoms with Gasteiger partial charge < -0.3 is 5.32 Å². The van der Waals surface area contributed by atoms with Crippen molar-refractivity contribution in [3.63, 3.8) is 0 Å². The van der Waals surface area contributed by atoms with Crippen LogP contribution in [0.5, 0.6) is 0 Å². The second-order valence-electron chi connectivity index (χ2n) is 3.92. The van der Waals surface area contributed by atoms with Crippen LogP contribution in [0.4, 0.5) is 22.0 Å². The molecule has 0 fully saturated rings. The number of rotatable bonds is 4. The summed E-state index contributed by atoms with van der Waals surface area (Å²) in [6, 6.07) is 1.34. The van der Waals surface area contributed by atoms with Gasteiger partial charge >= 0.3 is 6.18 Å². The van der Waals surface area contributed by atoms with Crippen molar-refractivity contribution in [2.75, 3.05) is 0 Å². The summed E-state index contributed by atoms with van der Waals surface area (Å²) in [6.45, 7) is 1.01. The molecule has 102 valence electrons. The fourth-order valence-corrected chi connectivity index (χ4v) is 1.80. The van der Waals surface area contributed by atoms with Gasteiger partial charge in [-0.3, -0.25) is 0 Å². The lowest BCUT2D eigenvalue weighted by Gasteiger charge is -2.16. The van der Waals surface area contributed by atoms with E-state index in [0.717, 1.165) is 6.07 Å². The van der Waals surface area contributed by atoms with E-state index in [1.807, 2.05) is 0 Å². The zero-order valence-corrected chi connectivity index (χ0v) is 11.0. The van der Waals surface area contributed by atoms with Crippen LogP contribution in [0, 0.1) is 11.6 Å². The first-order chi connectivity index (χ1) is 8.20. The summed E-state index contributed by atoms with van der Waals surface area (Å²) in [6.07, 6.45) is -5.36. The van der Waals surface area contributed by atoms with E-state index in [1.165, 1.54) is 13.0 Å². The van der Waals surface area contributed by atoms with E-state index in [4.69, 9.17) is 0 Å². The van der Waals surface area contributed by atoms with Gasteiger partial charge in [0.25, 0.3) is 0 Å². The van der Waals surface area contributed by atoms with Crippen molar-refractivity contribution in [2.45, 2.75) is 32.1 Å². The maximum atomic E-state index is 13.5. The lowest BCUT2D eigenvalue weighted by atomic mass is 10.1. The Balaban J connectivity index is 2.67. The Hall–Kier alpha value is -0.690. The monoisotopic (exact) mass is 331 g/mol. The number of nitrogens with one attached hydrogen (secondary N) is 1. The molecule has 18 heavy (non-hydrogen) atoms. The number of benzene rings is 1. The lowest BCUT2D eigenvalue weighted by molar-refractivity contribution is -0.139. The average molecular weight is 332 g/mol. The molecule has 0 saturated heterocycles. The third-order valence-electron chi connectivity index (χ3n) is 2.30. The molecule has 0 radical (unpaired) electrons. The fourth-order valence-electron chi connectivity index (χ4n) is 1.43. The van der Waals surface area contributed by atoms with E-state index in [-0.39, 0.29) is 16.6 Å². The minimum absolute atomic E-state index is 0.0733. The Morgan fingerprint density at radius 1 is 1.28 bits per heavy atom. The Bertz CT molecular complexity index is 419. The molecule has 1 unspecified atom stereocenters. The highest BCUT2D eigenvalue weighted by Crippen LogP contribution is 2.23. The predicted octanol–water partition coefficient (Wildman–Crippen LogP) is 4.16. The van der Waals surface area contributed by atoms with Gasteiger partial charge in [-0.25, -0.2) is 8.78 Å². The fraction of sp³-hybridized carbons (Fsp3) is 0.455. The van der Waals surface area contributed by atoms with Gasteiger partial charge in [0.2, 0.25) is 0 Å². The van der Waals surface area contributed by atoms with Crippen molar-refractivity contribution >= 4 is 15.9 Å². The number of hydrogen-bond acceptors (Lipinski definition) is 1. The van der Waals surface area contributed by atoms with Crippen LogP contribution in [0.15, 0.2) is 16.6 Å². The van der Waals surface area contributed by atoms with Gasteiger partial charge in [-0.2, -0.15) is 13.2 Å². The summed E-state index contributed by atoms with van der Waals surface area (Å²) in [5.74, 6) is -1.59. The van der Waals surface area contributed by atoms with E-state index < -0.39 is 30.3 Å². The van der Waals surface area contributed by atoms with Crippen LogP contribution in [0.1, 0.15) is 18.9 Å². The summed E-state index contributed by atoms with van der Waals surface area (Å²) in [5, 5.41) is 2.44. The lowest BCUT2D eigenvalue weighted by Crippen LogP contribution is -2.31. The molecule has 1 rings (SSSR count). The van der Waals surface area contributed by atoms with Crippen LogP contribution in [0.25, 0.3) is 0 Å². The van der Waals surface area contributed by atoms with Gasteiger partial charge in [0, 0.05) is 18.2 Å². The van der Waals surface area contributed by atoms with Gasteiger partial charge in [0.05, 0.1) is 10.9 Å². The van der Waals surface area contributed by atoms with Crippen LogP contribution < -0.4 is 5.32 Å². The molecule has 0 aliphatic carbocycles. The maximum Gasteiger partial charge on any atom is 0.390 e. The van der Waals surface area contributed by atoms with E-state index >= 15 is 0 Å². The molecule has 1 aromatic carbocycles. The zero-order chi connectivity index (χ0) is 13.9. The Kier molecular flexibility index (Phi) is 5.10. The molecule has 1 N–H and O–H groups in total. The third kappa shape index (κ3) is 4.53. The Morgan fingerprint density at radius 3 is 2.44 bits per heavy atom. The number of alkyl halides is 3. The van der Waals surface area contributed by atoms with Gasteiger partial charge in [0.1, 0.15) is 11.6 Å². The third-order valence-corrected chi connectivity index (χ3v) is 2.92. The number of hydrogen-bond donors (Lipinski definition) is 1. The molecule has 1 atom stereocenters. The first-order valence-electron chi connectivity index (χ1n) is 5.13. The van der Waals surface area contributed by atoms with Crippen molar-refractivity contribution in [1.82, 2.24) is 5.32 Å². The average Bonchev–Trinajstić information content (AvgIpc) is 2.21. The van der Waals surface area contributed by atoms with Crippen LogP contribution in [-0.4, -0.2) is 12.2 Å². The zero-order valence-electron chi connectivity index (χ0n) is 9.41. The molecule has 0 saturated carbocycles. The van der Waals surface area contributed by atoms with Crippen molar-refractivity contribution in [3.05, 3.63) is 33.8 Å². The molecule has 0 heterocycles. The largest absolute Gasteiger partial charge is 0.390 e. The molecule has 0 amide bonds. The second-order valence-corrected chi connectivity index (χ2v) is 4.78. The molecule has 0 bridgehead atoms. The summed E-state index contributed by atoms with van der Waals surface area (Å²) < 4.78 is 63.0.